The number of nitrogens with zero attached hydrogens (tertiary/aromatic N) is 1. The van der Waals surface area contributed by atoms with Gasteiger partial charge in [0.05, 0.1) is 0 Å². The third kappa shape index (κ3) is 3.01. The number of phenolic OH excluding ortho intramolecular Hbond substituents is 1. The molecule has 1 aromatic rings. The van der Waals surface area contributed by atoms with Crippen LogP contribution in [0.5, 0.6) is 5.75 Å². The molecule has 2 heteroatoms. The van der Waals surface area contributed by atoms with Gasteiger partial charge in [0.2, 0.25) is 0 Å². The van der Waals surface area contributed by atoms with Gasteiger partial charge < -0.3 is 5.11 Å². The van der Waals surface area contributed by atoms with Gasteiger partial charge in [-0.15, -0.1) is 0 Å². The van der Waals surface area contributed by atoms with Gasteiger partial charge in [0.15, 0.2) is 0 Å². The van der Waals surface area contributed by atoms with E-state index in [1.807, 2.05) is 12.1 Å². The summed E-state index contributed by atoms with van der Waals surface area (Å²) >= 11 is 0. The summed E-state index contributed by atoms with van der Waals surface area (Å²) in [6, 6.07) is 8.11. The fraction of sp³-hybridized carbons (Fsp3) is 0.600. The molecule has 17 heavy (non-hydrogen) atoms. The molecule has 94 valence electrons. The van der Waals surface area contributed by atoms with Gasteiger partial charge in [0, 0.05) is 12.6 Å². The monoisotopic (exact) mass is 233 g/mol. The third-order valence-corrected chi connectivity index (χ3v) is 3.94. The topological polar surface area (TPSA) is 23.5 Å². The molecular formula is C15H23NO. The van der Waals surface area contributed by atoms with E-state index < -0.39 is 0 Å². The Kier molecular flexibility index (Phi) is 4.06. The van der Waals surface area contributed by atoms with Crippen LogP contribution in [0, 0.1) is 5.92 Å². The van der Waals surface area contributed by atoms with Crippen molar-refractivity contribution in [2.45, 2.75) is 39.2 Å². The summed E-state index contributed by atoms with van der Waals surface area (Å²) < 4.78 is 0. The molecule has 1 aromatic carbocycles. The van der Waals surface area contributed by atoms with Gasteiger partial charge in [-0.25, -0.2) is 0 Å². The van der Waals surface area contributed by atoms with E-state index in [0.717, 1.165) is 5.92 Å². The second-order valence-electron chi connectivity index (χ2n) is 5.21. The van der Waals surface area contributed by atoms with Crippen LogP contribution in [0.2, 0.25) is 0 Å². The molecule has 0 amide bonds. The van der Waals surface area contributed by atoms with Crippen molar-refractivity contribution in [3.05, 3.63) is 29.8 Å². The van der Waals surface area contributed by atoms with E-state index in [1.54, 1.807) is 12.1 Å². The fourth-order valence-corrected chi connectivity index (χ4v) is 2.82. The quantitative estimate of drug-likeness (QED) is 0.859. The van der Waals surface area contributed by atoms with E-state index in [1.165, 1.54) is 37.9 Å². The maximum absolute atomic E-state index is 9.30. The summed E-state index contributed by atoms with van der Waals surface area (Å²) in [5, 5.41) is 9.30. The molecule has 2 unspecified atom stereocenters. The number of rotatable bonds is 4. The Morgan fingerprint density at radius 3 is 2.71 bits per heavy atom. The number of hydrogen-bond acceptors (Lipinski definition) is 2. The van der Waals surface area contributed by atoms with Gasteiger partial charge in [-0.1, -0.05) is 25.5 Å². The van der Waals surface area contributed by atoms with Crippen molar-refractivity contribution in [1.29, 1.82) is 0 Å². The average molecular weight is 233 g/mol. The van der Waals surface area contributed by atoms with Crippen LogP contribution in [0.15, 0.2) is 24.3 Å². The van der Waals surface area contributed by atoms with E-state index in [9.17, 15) is 5.11 Å². The summed E-state index contributed by atoms with van der Waals surface area (Å²) in [4.78, 5) is 2.56. The smallest absolute Gasteiger partial charge is 0.115 e. The Balaban J connectivity index is 1.96. The largest absolute Gasteiger partial charge is 0.508 e. The summed E-state index contributed by atoms with van der Waals surface area (Å²) in [5.74, 6) is 1.24. The molecule has 0 radical (unpaired) electrons. The zero-order valence-electron chi connectivity index (χ0n) is 10.9. The third-order valence-electron chi connectivity index (χ3n) is 3.94. The molecule has 2 rings (SSSR count). The minimum atomic E-state index is 0.353. The molecular weight excluding hydrogens is 210 g/mol. The van der Waals surface area contributed by atoms with E-state index in [4.69, 9.17) is 0 Å². The van der Waals surface area contributed by atoms with Gasteiger partial charge in [-0.2, -0.15) is 0 Å². The Labute approximate surface area is 104 Å². The Hall–Kier alpha value is -1.02. The molecule has 1 fully saturated rings. The predicted octanol–water partition coefficient (Wildman–Crippen LogP) is 3.58. The lowest BCUT2D eigenvalue weighted by Gasteiger charge is -2.24. The number of phenols is 1. The van der Waals surface area contributed by atoms with Crippen LogP contribution in [0.3, 0.4) is 0 Å². The van der Waals surface area contributed by atoms with Crippen molar-refractivity contribution in [3.63, 3.8) is 0 Å². The molecule has 0 spiro atoms. The minimum Gasteiger partial charge on any atom is -0.508 e. The first-order valence-corrected chi connectivity index (χ1v) is 6.73. The zero-order valence-corrected chi connectivity index (χ0v) is 10.9. The first-order valence-electron chi connectivity index (χ1n) is 6.73. The van der Waals surface area contributed by atoms with Crippen molar-refractivity contribution in [1.82, 2.24) is 4.90 Å². The van der Waals surface area contributed by atoms with Crippen LogP contribution < -0.4 is 0 Å². The first-order chi connectivity index (χ1) is 8.20. The van der Waals surface area contributed by atoms with E-state index in [-0.39, 0.29) is 0 Å². The molecule has 0 saturated carbocycles. The fourth-order valence-electron chi connectivity index (χ4n) is 2.82. The van der Waals surface area contributed by atoms with Crippen LogP contribution >= 0.6 is 0 Å². The van der Waals surface area contributed by atoms with E-state index in [0.29, 0.717) is 11.8 Å². The molecule has 0 aromatic heterocycles. The lowest BCUT2D eigenvalue weighted by atomic mass is 10.0. The lowest BCUT2D eigenvalue weighted by molar-refractivity contribution is 0.250. The van der Waals surface area contributed by atoms with Gasteiger partial charge in [0.25, 0.3) is 0 Å². The molecule has 0 bridgehead atoms. The summed E-state index contributed by atoms with van der Waals surface area (Å²) in [7, 11) is 0. The second kappa shape index (κ2) is 5.54. The molecule has 1 aliphatic rings. The number of benzene rings is 1. The summed E-state index contributed by atoms with van der Waals surface area (Å²) in [6.07, 6.45) is 4.00. The maximum atomic E-state index is 9.30. The highest BCUT2D eigenvalue weighted by Crippen LogP contribution is 2.29. The van der Waals surface area contributed by atoms with E-state index in [2.05, 4.69) is 18.7 Å². The highest BCUT2D eigenvalue weighted by Gasteiger charge is 2.25. The number of likely N-dealkylation sites (tertiary alicyclic amines) is 1. The van der Waals surface area contributed by atoms with Crippen LogP contribution in [0.25, 0.3) is 0 Å². The number of aromatic hydroxyl groups is 1. The van der Waals surface area contributed by atoms with E-state index >= 15 is 0 Å². The molecule has 2 nitrogen and oxygen atoms in total. The molecule has 2 atom stereocenters. The van der Waals surface area contributed by atoms with Gasteiger partial charge in [-0.3, -0.25) is 4.90 Å². The SMILES string of the molecule is CCCC1CCN(C(C)c2ccc(O)cc2)C1. The van der Waals surface area contributed by atoms with Crippen molar-refractivity contribution in [3.8, 4) is 5.75 Å². The van der Waals surface area contributed by atoms with Crippen LogP contribution in [-0.4, -0.2) is 23.1 Å². The Morgan fingerprint density at radius 1 is 1.35 bits per heavy atom. The standard InChI is InChI=1S/C15H23NO/c1-3-4-13-9-10-16(11-13)12(2)14-5-7-15(17)8-6-14/h5-8,12-13,17H,3-4,9-11H2,1-2H3. The zero-order chi connectivity index (χ0) is 12.3. The summed E-state index contributed by atoms with van der Waals surface area (Å²) in [5.41, 5.74) is 1.31. The maximum Gasteiger partial charge on any atom is 0.115 e. The molecule has 1 aliphatic heterocycles. The van der Waals surface area contributed by atoms with Gasteiger partial charge in [0.1, 0.15) is 5.75 Å². The second-order valence-corrected chi connectivity index (χ2v) is 5.21. The normalized spacial score (nSPS) is 22.8. The minimum absolute atomic E-state index is 0.353. The lowest BCUT2D eigenvalue weighted by Crippen LogP contribution is -2.24. The van der Waals surface area contributed by atoms with Crippen LogP contribution in [-0.2, 0) is 0 Å². The van der Waals surface area contributed by atoms with Gasteiger partial charge in [-0.05, 0) is 49.9 Å². The average Bonchev–Trinajstić information content (AvgIpc) is 2.78. The van der Waals surface area contributed by atoms with Crippen molar-refractivity contribution in [2.24, 2.45) is 5.92 Å². The predicted molar refractivity (Wildman–Crippen MR) is 71.1 cm³/mol. The molecule has 1 saturated heterocycles. The number of hydrogen-bond donors (Lipinski definition) is 1. The van der Waals surface area contributed by atoms with Crippen molar-refractivity contribution >= 4 is 0 Å². The molecule has 1 heterocycles. The Morgan fingerprint density at radius 2 is 2.06 bits per heavy atom. The highest BCUT2D eigenvalue weighted by atomic mass is 16.3. The molecule has 1 N–H and O–H groups in total. The summed E-state index contributed by atoms with van der Waals surface area (Å²) in [6.45, 7) is 6.98. The molecule has 0 aliphatic carbocycles. The first kappa shape index (κ1) is 12.4. The van der Waals surface area contributed by atoms with Crippen molar-refractivity contribution in [2.75, 3.05) is 13.1 Å². The van der Waals surface area contributed by atoms with Crippen LogP contribution in [0.1, 0.15) is 44.7 Å². The highest BCUT2D eigenvalue weighted by molar-refractivity contribution is 5.27. The van der Waals surface area contributed by atoms with Crippen LogP contribution in [0.4, 0.5) is 0 Å². The van der Waals surface area contributed by atoms with Gasteiger partial charge >= 0.3 is 0 Å². The Bertz CT molecular complexity index is 346. The van der Waals surface area contributed by atoms with Crippen molar-refractivity contribution < 1.29 is 5.11 Å².